The molecular weight excluding hydrogens is 220 g/mol. The molecule has 0 spiro atoms. The van der Waals surface area contributed by atoms with Gasteiger partial charge < -0.3 is 9.84 Å². The maximum Gasteiger partial charge on any atom is 0.321 e. The molecule has 0 amide bonds. The molecule has 15 heavy (non-hydrogen) atoms. The van der Waals surface area contributed by atoms with Crippen LogP contribution in [0.3, 0.4) is 0 Å². The van der Waals surface area contributed by atoms with E-state index in [-0.39, 0.29) is 11.8 Å². The Morgan fingerprint density at radius 2 is 1.80 bits per heavy atom. The van der Waals surface area contributed by atoms with E-state index < -0.39 is 11.6 Å². The highest BCUT2D eigenvalue weighted by Gasteiger charge is 2.14. The van der Waals surface area contributed by atoms with Crippen LogP contribution in [0.2, 0.25) is 0 Å². The first-order valence-corrected chi connectivity index (χ1v) is 5.26. The van der Waals surface area contributed by atoms with Gasteiger partial charge in [0.25, 0.3) is 0 Å². The quantitative estimate of drug-likeness (QED) is 0.606. The molecule has 0 radical (unpaired) electrons. The molecule has 0 aromatic heterocycles. The van der Waals surface area contributed by atoms with E-state index >= 15 is 0 Å². The summed E-state index contributed by atoms with van der Waals surface area (Å²) in [7, 11) is 0. The van der Waals surface area contributed by atoms with E-state index in [1.54, 1.807) is 20.8 Å². The highest BCUT2D eigenvalue weighted by atomic mass is 35.5. The highest BCUT2D eigenvalue weighted by Crippen LogP contribution is 2.06. The molecule has 0 aliphatic carbocycles. The van der Waals surface area contributed by atoms with Crippen LogP contribution in [-0.4, -0.2) is 28.5 Å². The zero-order chi connectivity index (χ0) is 12.5. The van der Waals surface area contributed by atoms with Gasteiger partial charge in [-0.05, 0) is 27.2 Å². The summed E-state index contributed by atoms with van der Waals surface area (Å²) >= 11 is 5.18. The Morgan fingerprint density at radius 3 is 1.87 bits per heavy atom. The lowest BCUT2D eigenvalue weighted by Gasteiger charge is -2.18. The fraction of sp³-hybridized carbons (Fsp3) is 0.800. The van der Waals surface area contributed by atoms with Gasteiger partial charge in [0.05, 0.1) is 0 Å². The lowest BCUT2D eigenvalue weighted by Crippen LogP contribution is -2.24. The third-order valence-electron chi connectivity index (χ3n) is 0.993. The second kappa shape index (κ2) is 8.53. The zero-order valence-corrected chi connectivity index (χ0v) is 10.4. The Balaban J connectivity index is 0. The van der Waals surface area contributed by atoms with Gasteiger partial charge in [-0.2, -0.15) is 0 Å². The van der Waals surface area contributed by atoms with E-state index in [9.17, 15) is 9.59 Å². The Morgan fingerprint density at radius 1 is 1.33 bits per heavy atom. The minimum atomic E-state index is -0.711. The zero-order valence-electron chi connectivity index (χ0n) is 9.67. The Bertz CT molecular complexity index is 196. The first-order chi connectivity index (χ1) is 6.72. The molecule has 0 bridgehead atoms. The van der Waals surface area contributed by atoms with Crippen molar-refractivity contribution in [2.24, 2.45) is 0 Å². The molecule has 0 fully saturated rings. The minimum Gasteiger partial charge on any atom is -0.481 e. The monoisotopic (exact) mass is 238 g/mol. The molecule has 1 N–H and O–H groups in total. The molecule has 0 aromatic rings. The molecule has 90 valence electrons. The van der Waals surface area contributed by atoms with Gasteiger partial charge >= 0.3 is 11.9 Å². The predicted octanol–water partition coefficient (Wildman–Crippen LogP) is 2.44. The largest absolute Gasteiger partial charge is 0.481 e. The van der Waals surface area contributed by atoms with E-state index in [4.69, 9.17) is 21.4 Å². The number of hydrogen-bond acceptors (Lipinski definition) is 3. The van der Waals surface area contributed by atoms with Crippen LogP contribution in [0.1, 0.15) is 40.5 Å². The van der Waals surface area contributed by atoms with Crippen LogP contribution in [-0.2, 0) is 14.3 Å². The summed E-state index contributed by atoms with van der Waals surface area (Å²) in [5.41, 5.74) is -0.411. The van der Waals surface area contributed by atoms with Crippen molar-refractivity contribution in [1.29, 1.82) is 0 Å². The normalized spacial score (nSPS) is 9.93. The minimum absolute atomic E-state index is 0.0722. The highest BCUT2D eigenvalue weighted by molar-refractivity contribution is 6.26. The number of carbonyl (C=O) groups excluding carboxylic acids is 1. The maximum atomic E-state index is 10.5. The Labute approximate surface area is 95.6 Å². The Hall–Kier alpha value is -0.770. The molecule has 5 heteroatoms. The van der Waals surface area contributed by atoms with Crippen molar-refractivity contribution in [3.8, 4) is 0 Å². The summed E-state index contributed by atoms with van der Waals surface area (Å²) in [6.07, 6.45) is 1.02. The van der Waals surface area contributed by atoms with Crippen molar-refractivity contribution in [2.45, 2.75) is 46.1 Å². The average molecular weight is 239 g/mol. The predicted molar refractivity (Wildman–Crippen MR) is 59.1 cm³/mol. The topological polar surface area (TPSA) is 63.6 Å². The maximum absolute atomic E-state index is 10.5. The standard InChI is InChI=1S/C6H11ClO2.C4H8O2/c1-6(2,3)9-5(8)4-7;1-2-3-4(5)6/h4H2,1-3H3;2-3H2,1H3,(H,5,6). The molecule has 0 aliphatic heterocycles. The molecule has 0 unspecified atom stereocenters. The van der Waals surface area contributed by atoms with Gasteiger partial charge in [0.15, 0.2) is 0 Å². The number of aliphatic carboxylic acids is 1. The molecule has 4 nitrogen and oxygen atoms in total. The number of esters is 1. The summed E-state index contributed by atoms with van der Waals surface area (Å²) < 4.78 is 4.82. The number of carboxylic acids is 1. The summed E-state index contributed by atoms with van der Waals surface area (Å²) in [6.45, 7) is 7.25. The van der Waals surface area contributed by atoms with Crippen molar-refractivity contribution in [3.05, 3.63) is 0 Å². The SMILES string of the molecule is CC(C)(C)OC(=O)CCl.CCCC(=O)O. The molecule has 0 rings (SSSR count). The van der Waals surface area contributed by atoms with Gasteiger partial charge in [-0.1, -0.05) is 6.92 Å². The van der Waals surface area contributed by atoms with E-state index in [1.807, 2.05) is 6.92 Å². The van der Waals surface area contributed by atoms with Crippen LogP contribution in [0, 0.1) is 0 Å². The van der Waals surface area contributed by atoms with Gasteiger partial charge in [0.2, 0.25) is 0 Å². The lowest BCUT2D eigenvalue weighted by molar-refractivity contribution is -0.151. The second-order valence-electron chi connectivity index (χ2n) is 3.86. The summed E-state index contributed by atoms with van der Waals surface area (Å²) in [4.78, 5) is 20.1. The van der Waals surface area contributed by atoms with Crippen LogP contribution in [0.25, 0.3) is 0 Å². The van der Waals surface area contributed by atoms with Crippen LogP contribution in [0.15, 0.2) is 0 Å². The fourth-order valence-electron chi connectivity index (χ4n) is 0.583. The third kappa shape index (κ3) is 19.6. The molecule has 0 aliphatic rings. The van der Waals surface area contributed by atoms with E-state index in [0.29, 0.717) is 6.42 Å². The van der Waals surface area contributed by atoms with Crippen LogP contribution < -0.4 is 0 Å². The molecular formula is C10H19ClO4. The first kappa shape index (κ1) is 16.7. The Kier molecular flexibility index (Phi) is 9.47. The number of hydrogen-bond donors (Lipinski definition) is 1. The van der Waals surface area contributed by atoms with Crippen LogP contribution in [0.4, 0.5) is 0 Å². The average Bonchev–Trinajstić information content (AvgIpc) is 2.01. The van der Waals surface area contributed by atoms with Crippen molar-refractivity contribution in [3.63, 3.8) is 0 Å². The molecule has 0 aromatic carbocycles. The molecule has 0 atom stereocenters. The van der Waals surface area contributed by atoms with Gasteiger partial charge in [-0.15, -0.1) is 11.6 Å². The van der Waals surface area contributed by atoms with Crippen molar-refractivity contribution < 1.29 is 19.4 Å². The summed E-state index contributed by atoms with van der Waals surface area (Å²) in [5, 5.41) is 7.91. The third-order valence-corrected chi connectivity index (χ3v) is 1.21. The number of rotatable bonds is 3. The summed E-state index contributed by atoms with van der Waals surface area (Å²) in [6, 6.07) is 0. The first-order valence-electron chi connectivity index (χ1n) is 4.72. The summed E-state index contributed by atoms with van der Waals surface area (Å²) in [5.74, 6) is -1.15. The van der Waals surface area contributed by atoms with Gasteiger partial charge in [0, 0.05) is 6.42 Å². The van der Waals surface area contributed by atoms with Crippen LogP contribution in [0.5, 0.6) is 0 Å². The van der Waals surface area contributed by atoms with Gasteiger partial charge in [-0.3, -0.25) is 9.59 Å². The van der Waals surface area contributed by atoms with Crippen molar-refractivity contribution in [1.82, 2.24) is 0 Å². The molecule has 0 heterocycles. The molecule has 0 saturated carbocycles. The van der Waals surface area contributed by atoms with Crippen molar-refractivity contribution >= 4 is 23.5 Å². The molecule has 0 saturated heterocycles. The van der Waals surface area contributed by atoms with E-state index in [2.05, 4.69) is 0 Å². The van der Waals surface area contributed by atoms with Gasteiger partial charge in [0.1, 0.15) is 11.5 Å². The van der Waals surface area contributed by atoms with E-state index in [1.165, 1.54) is 0 Å². The number of carboxylic acid groups (broad SMARTS) is 1. The fourth-order valence-corrected chi connectivity index (χ4v) is 0.637. The number of halogens is 1. The van der Waals surface area contributed by atoms with E-state index in [0.717, 1.165) is 6.42 Å². The number of carbonyl (C=O) groups is 2. The second-order valence-corrected chi connectivity index (χ2v) is 4.13. The van der Waals surface area contributed by atoms with Crippen LogP contribution >= 0.6 is 11.6 Å². The number of alkyl halides is 1. The van der Waals surface area contributed by atoms with Gasteiger partial charge in [-0.25, -0.2) is 0 Å². The van der Waals surface area contributed by atoms with Crippen molar-refractivity contribution in [2.75, 3.05) is 5.88 Å². The number of ether oxygens (including phenoxy) is 1. The smallest absolute Gasteiger partial charge is 0.321 e. The lowest BCUT2D eigenvalue weighted by atomic mass is 10.2.